The van der Waals surface area contributed by atoms with Crippen LogP contribution in [0.3, 0.4) is 0 Å². The first-order chi connectivity index (χ1) is 14.0. The van der Waals surface area contributed by atoms with E-state index in [9.17, 15) is 22.8 Å². The Bertz CT molecular complexity index is 708. The molecule has 3 N–H and O–H groups in total. The van der Waals surface area contributed by atoms with Gasteiger partial charge in [0.25, 0.3) is 0 Å². The Balaban J connectivity index is 1.81. The van der Waals surface area contributed by atoms with Crippen LogP contribution in [-0.4, -0.2) is 36.8 Å². The fourth-order valence-electron chi connectivity index (χ4n) is 3.49. The average Bonchev–Trinajstić information content (AvgIpc) is 2.65. The van der Waals surface area contributed by atoms with E-state index in [1.165, 1.54) is 12.1 Å². The van der Waals surface area contributed by atoms with Crippen molar-refractivity contribution in [2.45, 2.75) is 70.8 Å². The van der Waals surface area contributed by atoms with Crippen LogP contribution in [0.4, 0.5) is 18.0 Å². The van der Waals surface area contributed by atoms with Crippen molar-refractivity contribution in [3.8, 4) is 5.75 Å². The van der Waals surface area contributed by atoms with Crippen molar-refractivity contribution in [1.29, 1.82) is 0 Å². The van der Waals surface area contributed by atoms with E-state index in [1.807, 2.05) is 13.8 Å². The maximum Gasteiger partial charge on any atom is 0.422 e. The van der Waals surface area contributed by atoms with Gasteiger partial charge in [0.05, 0.1) is 6.04 Å². The van der Waals surface area contributed by atoms with Gasteiger partial charge in [-0.05, 0) is 57.7 Å². The van der Waals surface area contributed by atoms with Gasteiger partial charge in [0.15, 0.2) is 6.61 Å². The molecule has 6 nitrogen and oxygen atoms in total. The number of hydrogen-bond acceptors (Lipinski definition) is 3. The molecular formula is C21H30F3N3O3. The molecule has 0 aromatic heterocycles. The van der Waals surface area contributed by atoms with Crippen molar-refractivity contribution in [1.82, 2.24) is 16.0 Å². The molecule has 30 heavy (non-hydrogen) atoms. The van der Waals surface area contributed by atoms with Crippen LogP contribution in [0, 0.1) is 5.92 Å². The van der Waals surface area contributed by atoms with Gasteiger partial charge in [-0.15, -0.1) is 0 Å². The molecule has 0 aliphatic heterocycles. The van der Waals surface area contributed by atoms with Gasteiger partial charge in [-0.25, -0.2) is 4.79 Å². The number of ether oxygens (including phenoxy) is 1. The predicted molar refractivity (Wildman–Crippen MR) is 107 cm³/mol. The molecule has 0 spiro atoms. The fourth-order valence-corrected chi connectivity index (χ4v) is 3.49. The van der Waals surface area contributed by atoms with E-state index in [-0.39, 0.29) is 41.7 Å². The lowest BCUT2D eigenvalue weighted by atomic mass is 9.85. The molecule has 1 aromatic rings. The van der Waals surface area contributed by atoms with E-state index in [1.54, 1.807) is 19.1 Å². The summed E-state index contributed by atoms with van der Waals surface area (Å²) >= 11 is 0. The highest BCUT2D eigenvalue weighted by molar-refractivity contribution is 5.79. The number of hydrogen-bond donors (Lipinski definition) is 3. The first-order valence-corrected chi connectivity index (χ1v) is 10.2. The maximum atomic E-state index is 12.4. The van der Waals surface area contributed by atoms with Gasteiger partial charge < -0.3 is 20.7 Å². The molecular weight excluding hydrogens is 399 g/mol. The van der Waals surface area contributed by atoms with E-state index in [0.29, 0.717) is 6.42 Å². The lowest BCUT2D eigenvalue weighted by Gasteiger charge is -2.30. The molecule has 0 heterocycles. The second-order valence-electron chi connectivity index (χ2n) is 8.04. The third kappa shape index (κ3) is 8.12. The van der Waals surface area contributed by atoms with Crippen LogP contribution in [0.25, 0.3) is 0 Å². The first-order valence-electron chi connectivity index (χ1n) is 10.2. The minimum absolute atomic E-state index is 0.0260. The Morgan fingerprint density at radius 1 is 1.10 bits per heavy atom. The largest absolute Gasteiger partial charge is 0.484 e. The van der Waals surface area contributed by atoms with Crippen molar-refractivity contribution in [2.24, 2.45) is 5.92 Å². The smallest absolute Gasteiger partial charge is 0.422 e. The molecule has 0 saturated heterocycles. The summed E-state index contributed by atoms with van der Waals surface area (Å²) in [6.45, 7) is 4.27. The lowest BCUT2D eigenvalue weighted by Crippen LogP contribution is -2.47. The molecule has 0 bridgehead atoms. The highest BCUT2D eigenvalue weighted by atomic mass is 19.4. The van der Waals surface area contributed by atoms with Gasteiger partial charge in [0, 0.05) is 18.0 Å². The Morgan fingerprint density at radius 2 is 1.77 bits per heavy atom. The summed E-state index contributed by atoms with van der Waals surface area (Å²) in [6.07, 6.45) is -1.28. The molecule has 1 fully saturated rings. The van der Waals surface area contributed by atoms with Crippen LogP contribution < -0.4 is 20.7 Å². The molecule has 2 rings (SSSR count). The summed E-state index contributed by atoms with van der Waals surface area (Å²) in [5, 5.41) is 8.67. The molecule has 3 amide bonds. The van der Waals surface area contributed by atoms with Crippen molar-refractivity contribution < 1.29 is 27.5 Å². The van der Waals surface area contributed by atoms with E-state index in [4.69, 9.17) is 0 Å². The van der Waals surface area contributed by atoms with Crippen molar-refractivity contribution in [2.75, 3.05) is 6.61 Å². The Labute approximate surface area is 174 Å². The molecule has 1 aliphatic rings. The molecule has 0 radical (unpaired) electrons. The zero-order valence-corrected chi connectivity index (χ0v) is 17.5. The zero-order valence-electron chi connectivity index (χ0n) is 17.5. The molecule has 1 aromatic carbocycles. The molecule has 3 unspecified atom stereocenters. The predicted octanol–water partition coefficient (Wildman–Crippen LogP) is 4.07. The summed E-state index contributed by atoms with van der Waals surface area (Å²) in [6, 6.07) is 5.44. The van der Waals surface area contributed by atoms with Crippen molar-refractivity contribution in [3.63, 3.8) is 0 Å². The van der Waals surface area contributed by atoms with Gasteiger partial charge in [-0.3, -0.25) is 4.79 Å². The zero-order chi connectivity index (χ0) is 22.3. The molecule has 9 heteroatoms. The summed E-state index contributed by atoms with van der Waals surface area (Å²) < 4.78 is 41.3. The van der Waals surface area contributed by atoms with Crippen molar-refractivity contribution >= 4 is 11.9 Å². The van der Waals surface area contributed by atoms with Crippen LogP contribution in [0.2, 0.25) is 0 Å². The van der Waals surface area contributed by atoms with Crippen LogP contribution in [0.15, 0.2) is 24.3 Å². The second-order valence-corrected chi connectivity index (χ2v) is 8.04. The summed E-state index contributed by atoms with van der Waals surface area (Å²) in [4.78, 5) is 24.6. The Hall–Kier alpha value is -2.45. The standard InChI is InChI=1S/C21H30F3N3O3/c1-13(2)25-19(28)16-5-4-6-17(11-16)27-20(29)26-14(3)15-7-9-18(10-8-15)30-12-21(22,23)24/h7-10,13-14,16-17H,4-6,11-12H2,1-3H3,(H,25,28)(H2,26,27,29). The number of carbonyl (C=O) groups is 2. The summed E-state index contributed by atoms with van der Waals surface area (Å²) in [5.41, 5.74) is 0.738. The minimum atomic E-state index is -4.39. The average molecular weight is 429 g/mol. The molecule has 3 atom stereocenters. The van der Waals surface area contributed by atoms with Crippen LogP contribution >= 0.6 is 0 Å². The highest BCUT2D eigenvalue weighted by Crippen LogP contribution is 2.25. The SMILES string of the molecule is CC(C)NC(=O)C1CCCC(NC(=O)NC(C)c2ccc(OCC(F)(F)F)cc2)C1. The topological polar surface area (TPSA) is 79.5 Å². The van der Waals surface area contributed by atoms with Crippen LogP contribution in [0.5, 0.6) is 5.75 Å². The third-order valence-corrected chi connectivity index (χ3v) is 4.94. The Morgan fingerprint density at radius 3 is 2.37 bits per heavy atom. The van der Waals surface area contributed by atoms with E-state index < -0.39 is 12.8 Å². The third-order valence-electron chi connectivity index (χ3n) is 4.94. The number of carbonyl (C=O) groups excluding carboxylic acids is 2. The number of nitrogens with one attached hydrogen (secondary N) is 3. The molecule has 168 valence electrons. The van der Waals surface area contributed by atoms with E-state index >= 15 is 0 Å². The second kappa shape index (κ2) is 10.5. The number of urea groups is 1. The summed E-state index contributed by atoms with van der Waals surface area (Å²) in [7, 11) is 0. The monoisotopic (exact) mass is 429 g/mol. The van der Waals surface area contributed by atoms with Gasteiger partial charge in [-0.1, -0.05) is 18.6 Å². The van der Waals surface area contributed by atoms with Crippen molar-refractivity contribution in [3.05, 3.63) is 29.8 Å². The number of amides is 3. The molecule has 1 saturated carbocycles. The lowest BCUT2D eigenvalue weighted by molar-refractivity contribution is -0.153. The van der Waals surface area contributed by atoms with Gasteiger partial charge in [-0.2, -0.15) is 13.2 Å². The van der Waals surface area contributed by atoms with Gasteiger partial charge in [0.1, 0.15) is 5.75 Å². The molecule has 1 aliphatic carbocycles. The van der Waals surface area contributed by atoms with Crippen LogP contribution in [0.1, 0.15) is 58.1 Å². The Kier molecular flexibility index (Phi) is 8.37. The minimum Gasteiger partial charge on any atom is -0.484 e. The first kappa shape index (κ1) is 23.8. The van der Waals surface area contributed by atoms with E-state index in [2.05, 4.69) is 20.7 Å². The normalized spacial score (nSPS) is 20.4. The van der Waals surface area contributed by atoms with Crippen LogP contribution in [-0.2, 0) is 4.79 Å². The number of benzene rings is 1. The number of rotatable bonds is 7. The number of alkyl halides is 3. The quantitative estimate of drug-likeness (QED) is 0.611. The van der Waals surface area contributed by atoms with Gasteiger partial charge >= 0.3 is 12.2 Å². The number of halogens is 3. The summed E-state index contributed by atoms with van der Waals surface area (Å²) in [5.74, 6) is 0.0341. The van der Waals surface area contributed by atoms with E-state index in [0.717, 1.165) is 24.8 Å². The fraction of sp³-hybridized carbons (Fsp3) is 0.619. The highest BCUT2D eigenvalue weighted by Gasteiger charge is 2.29. The maximum absolute atomic E-state index is 12.4. The van der Waals surface area contributed by atoms with Gasteiger partial charge in [0.2, 0.25) is 5.91 Å².